The fourth-order valence-corrected chi connectivity index (χ4v) is 14.2. The molecule has 1 saturated heterocycles. The molecule has 7 aliphatic heterocycles. The quantitative estimate of drug-likeness (QED) is 0.0330. The van der Waals surface area contributed by atoms with Crippen LogP contribution in [0.25, 0.3) is 33.2 Å². The third-order valence-electron chi connectivity index (χ3n) is 19.4. The normalized spacial score (nSPS) is 18.7. The third-order valence-corrected chi connectivity index (χ3v) is 19.4. The minimum Gasteiger partial charge on any atom is -0.511 e. The van der Waals surface area contributed by atoms with Gasteiger partial charge in [0.05, 0.1) is 88.1 Å². The molecule has 0 saturated carbocycles. The average molecular weight is 2140 g/mol. The Morgan fingerprint density at radius 3 is 1.97 bits per heavy atom. The number of aromatic carboxylic acids is 1. The number of aromatic nitrogens is 4. The van der Waals surface area contributed by atoms with Gasteiger partial charge in [0.25, 0.3) is 12.9 Å². The van der Waals surface area contributed by atoms with E-state index in [4.69, 9.17) is 39.2 Å². The molecule has 16 bridgehead atoms. The van der Waals surface area contributed by atoms with Crippen LogP contribution in [0.2, 0.25) is 0 Å². The van der Waals surface area contributed by atoms with E-state index in [-0.39, 0.29) is 304 Å². The number of aliphatic hydroxyl groups is 1. The van der Waals surface area contributed by atoms with Gasteiger partial charge in [-0.15, -0.1) is 17.9 Å². The van der Waals surface area contributed by atoms with Crippen molar-refractivity contribution in [2.24, 2.45) is 26.8 Å². The maximum Gasteiger partial charge on any atom is 0.338 e. The van der Waals surface area contributed by atoms with Crippen LogP contribution in [0.3, 0.4) is 0 Å². The van der Waals surface area contributed by atoms with Gasteiger partial charge in [0.2, 0.25) is 0 Å². The number of aliphatic carboxylic acids is 1. The summed E-state index contributed by atoms with van der Waals surface area (Å²) >= 11 is 0. The zero-order valence-electron chi connectivity index (χ0n) is 58.6. The van der Waals surface area contributed by atoms with E-state index in [2.05, 4.69) is 106 Å². The number of nitrogens with zero attached hydrogens (tertiary/aromatic N) is 5. The van der Waals surface area contributed by atoms with Crippen molar-refractivity contribution in [2.45, 2.75) is 165 Å². The first-order valence-electron chi connectivity index (χ1n) is 32.3. The summed E-state index contributed by atoms with van der Waals surface area (Å²) in [6.45, 7) is 30.8. The molecule has 0 amide bonds. The van der Waals surface area contributed by atoms with Crippen molar-refractivity contribution in [1.29, 1.82) is 0 Å². The number of aromatic amines is 2. The van der Waals surface area contributed by atoms with Crippen LogP contribution in [0, 0.1) is 276 Å². The van der Waals surface area contributed by atoms with Crippen molar-refractivity contribution in [3.05, 3.63) is 173 Å². The summed E-state index contributed by atoms with van der Waals surface area (Å²) < 4.78 is 16.6. The van der Waals surface area contributed by atoms with E-state index < -0.39 is 18.4 Å². The van der Waals surface area contributed by atoms with Crippen molar-refractivity contribution in [1.82, 2.24) is 25.3 Å². The smallest absolute Gasteiger partial charge is 0.338 e. The number of rotatable bonds is 21. The monoisotopic (exact) mass is 2140 g/mol. The summed E-state index contributed by atoms with van der Waals surface area (Å²) in [6.07, 6.45) is 15.2. The van der Waals surface area contributed by atoms with E-state index >= 15 is 0 Å². The Kier molecular flexibility index (Phi) is 40.3. The van der Waals surface area contributed by atoms with E-state index in [9.17, 15) is 34.5 Å². The van der Waals surface area contributed by atoms with Crippen molar-refractivity contribution < 1.29 is 299 Å². The number of aliphatic hydroxyl groups excluding tert-OH is 1. The molecule has 3 aromatic heterocycles. The van der Waals surface area contributed by atoms with Gasteiger partial charge in [-0.1, -0.05) is 66.5 Å². The van der Waals surface area contributed by atoms with E-state index in [0.717, 1.165) is 137 Å². The molecule has 11 rings (SSSR count). The average Bonchev–Trinajstić information content (AvgIpc) is 1.59. The number of H-pyrrole nitrogens is 2. The Morgan fingerprint density at radius 1 is 0.707 bits per heavy atom. The maximum absolute atomic E-state index is 12.7. The predicted molar refractivity (Wildman–Crippen MR) is 376 cm³/mol. The van der Waals surface area contributed by atoms with E-state index in [1.54, 1.807) is 13.0 Å². The molecule has 10 heterocycles. The number of carboxylic acids is 2. The number of hydrogen-bond donors (Lipinski definition) is 6. The van der Waals surface area contributed by atoms with Crippen molar-refractivity contribution in [3.8, 4) is 0 Å². The number of carboxylic acid groups (broad SMARTS) is 2. The van der Waals surface area contributed by atoms with Crippen LogP contribution in [0.4, 0.5) is 0 Å². The number of nitrogens with one attached hydrogen (secondary N) is 3. The summed E-state index contributed by atoms with van der Waals surface area (Å²) in [6, 6.07) is 5.78. The molecule has 7 atom stereocenters. The molecular formula is C73H88Ce6N8O10P2. The van der Waals surface area contributed by atoms with Crippen LogP contribution in [-0.4, -0.2) is 103 Å². The summed E-state index contributed by atoms with van der Waals surface area (Å²) in [5.74, 6) is -2.36. The minimum absolute atomic E-state index is 0. The first-order valence-corrected chi connectivity index (χ1v) is 34.9. The van der Waals surface area contributed by atoms with Crippen LogP contribution >= 0.6 is 17.9 Å². The number of aliphatic imine (C=N–C) groups is 3. The number of unbranched alkanes of at least 4 members (excludes halogenated alkanes) is 3. The zero-order chi connectivity index (χ0) is 67.3. The minimum atomic E-state index is -1.18. The van der Waals surface area contributed by atoms with Crippen LogP contribution in [0.5, 0.6) is 0 Å². The van der Waals surface area contributed by atoms with Crippen LogP contribution in [0.15, 0.2) is 137 Å². The molecule has 99 heavy (non-hydrogen) atoms. The molecule has 0 radical (unpaired) electrons. The summed E-state index contributed by atoms with van der Waals surface area (Å²) in [5.41, 5.74) is 24.4. The molecule has 3 unspecified atom stereocenters. The van der Waals surface area contributed by atoms with Crippen LogP contribution < -0.4 is 5.32 Å². The van der Waals surface area contributed by atoms with Gasteiger partial charge in [-0.2, -0.15) is 0 Å². The number of carbonyl (C=O) groups is 4. The molecule has 0 spiro atoms. The summed E-state index contributed by atoms with van der Waals surface area (Å²) in [4.78, 5) is 79.3. The second-order valence-corrected chi connectivity index (χ2v) is 24.7. The standard InChI is InChI=1S/C39H48N4O4.C34H36N4O6.6Ce.H4P2/c1-8-10-11-12-14-47-25(7)36-23(5)31-17-30-22(4)27(13-15-46-20-44)38(42-30)28-16-35(45)37-24(6)32(43-39(28)37)18-33-26(9-2)21(3)29(40-33)19-34(36)41-31;1-7-20-16(3)24-12-26-18(5)22(9-10-44-15-39)32(37-26)23(11-30(40)41)33-31(34(42)43)19(6)27(38-33)14-29-21(8-2)17(4)25(36-29)13-28(20)35-24;;;;;;;1-2/h17-20,22,25,27,42,45H,8-16H2,1-7H3;7,12-15,18,22,36,38H,1,8-11H2,2-6H3,(H,40,41)(H,42,43);;;;;;;1-2H2/t22-,25?,27-;18-,22-;;;;;;;/m00......./s1. The Morgan fingerprint density at radius 2 is 1.35 bits per heavy atom. The van der Waals surface area contributed by atoms with E-state index in [1.165, 1.54) is 24.8 Å². The summed E-state index contributed by atoms with van der Waals surface area (Å²) in [5, 5.41) is 35.4. The largest absolute Gasteiger partial charge is 0.511 e. The maximum atomic E-state index is 12.7. The first-order chi connectivity index (χ1) is 44.7. The second-order valence-electron chi connectivity index (χ2n) is 24.7. The van der Waals surface area contributed by atoms with Gasteiger partial charge in [0, 0.05) is 349 Å². The van der Waals surface area contributed by atoms with Crippen molar-refractivity contribution in [2.75, 3.05) is 19.8 Å². The topological polar surface area (TPSA) is 263 Å². The Balaban J connectivity index is 0.000000475. The Labute approximate surface area is 788 Å². The number of aryl methyl sites for hydroxylation is 3. The number of ether oxygens (including phenoxy) is 3. The fourth-order valence-electron chi connectivity index (χ4n) is 14.2. The SMILES string of the molecule is C=CC1=C(C)c2cc3nc(c(CC(=O)O)c4[nH]c(cc5[nH]c(cc1n2)c(C)c5CC)c(C)c4C(=O)O)[C@@H](CCOC=O)[C@@H]3C.CCCCCCOC(C)C1=C(C)C2=NC1=CC1=NC(=CC3=C(C)C4=C(O)CC(=C5NC(=C2)[C@@H](C)[C@@H]5CCOC=O)C4=N3)C(CC)=C1C.PP.[Ce].[Ce].[Ce].[Ce].[Ce].[Ce]. The molecule has 18 nitrogen and oxygen atoms in total. The Bertz CT molecular complexity index is 4230. The van der Waals surface area contributed by atoms with Crippen molar-refractivity contribution in [3.63, 3.8) is 0 Å². The summed E-state index contributed by atoms with van der Waals surface area (Å²) in [7, 11) is 4.67. The molecule has 1 aliphatic carbocycles. The molecule has 3 aromatic rings. The first kappa shape index (κ1) is 93.3. The van der Waals surface area contributed by atoms with E-state index in [0.29, 0.717) is 79.3 Å². The number of carbonyl (C=O) groups excluding carboxylic acids is 2. The Hall–Kier alpha value is 0.0897. The number of allylic oxidation sites excluding steroid dienone is 14. The molecule has 514 valence electrons. The molecule has 8 aliphatic rings. The van der Waals surface area contributed by atoms with Crippen LogP contribution in [-0.2, 0) is 41.4 Å². The molecule has 0 aromatic carbocycles. The van der Waals surface area contributed by atoms with Gasteiger partial charge in [-0.3, -0.25) is 19.4 Å². The third kappa shape index (κ3) is 20.3. The van der Waals surface area contributed by atoms with Crippen molar-refractivity contribution >= 4 is 93.1 Å². The molecule has 26 heteroatoms. The molecule has 6 N–H and O–H groups in total. The second kappa shape index (κ2) is 42.7. The molecular weight excluding hydrogens is 2050 g/mol. The van der Waals surface area contributed by atoms with Crippen LogP contribution in [0.1, 0.15) is 188 Å². The van der Waals surface area contributed by atoms with Gasteiger partial charge in [0.15, 0.2) is 0 Å². The van der Waals surface area contributed by atoms with Gasteiger partial charge in [-0.25, -0.2) is 24.8 Å². The number of fused-ring (bicyclic) bond motifs is 13. The molecule has 1 fully saturated rings. The zero-order valence-corrected chi connectivity index (χ0v) is 79.7. The fraction of sp³-hybridized carbons (Fsp3) is 0.411. The van der Waals surface area contributed by atoms with Gasteiger partial charge in [0.1, 0.15) is 5.76 Å². The van der Waals surface area contributed by atoms with Gasteiger partial charge < -0.3 is 44.8 Å². The number of hydrogen-bond acceptors (Lipinski definition) is 14. The van der Waals surface area contributed by atoms with E-state index in [1.807, 2.05) is 45.9 Å². The van der Waals surface area contributed by atoms with Gasteiger partial charge in [-0.05, 0) is 162 Å². The van der Waals surface area contributed by atoms with Gasteiger partial charge >= 0.3 is 11.9 Å². The predicted octanol–water partition coefficient (Wildman–Crippen LogP) is 15.2.